The third-order valence-electron chi connectivity index (χ3n) is 4.82. The Morgan fingerprint density at radius 1 is 1.10 bits per heavy atom. The molecule has 172 valence electrons. The highest BCUT2D eigenvalue weighted by Gasteiger charge is 2.54. The lowest BCUT2D eigenvalue weighted by Gasteiger charge is -2.24. The van der Waals surface area contributed by atoms with E-state index in [-0.39, 0.29) is 24.5 Å². The van der Waals surface area contributed by atoms with Crippen LogP contribution in [-0.2, 0) is 20.5 Å². The molecule has 1 aliphatic rings. The monoisotopic (exact) mass is 446 g/mol. The van der Waals surface area contributed by atoms with Gasteiger partial charge in [-0.2, -0.15) is 13.2 Å². The number of hydrogen-bond donors (Lipinski definition) is 4. The Hall–Kier alpha value is -2.50. The van der Waals surface area contributed by atoms with E-state index in [4.69, 9.17) is 4.74 Å². The molecule has 2 amide bonds. The fraction of sp³-hybridized carbons (Fsp3) is 0.550. The minimum absolute atomic E-state index is 0.00180. The first-order chi connectivity index (χ1) is 14.4. The highest BCUT2D eigenvalue weighted by molar-refractivity contribution is 6.00. The largest absolute Gasteiger partial charge is 0.416 e. The number of aliphatic hydroxyl groups is 2. The van der Waals surface area contributed by atoms with Gasteiger partial charge in [0, 0.05) is 5.56 Å². The maximum Gasteiger partial charge on any atom is 0.416 e. The first kappa shape index (κ1) is 24.8. The molecular formula is C20H25F3N2O6. The number of alkyl halides is 3. The van der Waals surface area contributed by atoms with Crippen LogP contribution in [-0.4, -0.2) is 65.3 Å². The number of carbonyl (C=O) groups excluding carboxylic acids is 3. The summed E-state index contributed by atoms with van der Waals surface area (Å²) in [5.74, 6) is -2.23. The third kappa shape index (κ3) is 6.25. The second-order valence-corrected chi connectivity index (χ2v) is 7.78. The highest BCUT2D eigenvalue weighted by atomic mass is 19.4. The zero-order chi connectivity index (χ0) is 23.4. The molecule has 0 spiro atoms. The number of ketones is 1. The zero-order valence-corrected chi connectivity index (χ0v) is 17.0. The summed E-state index contributed by atoms with van der Waals surface area (Å²) in [6, 6.07) is 0.895. The summed E-state index contributed by atoms with van der Waals surface area (Å²) in [5.41, 5.74) is -2.43. The molecule has 0 radical (unpaired) electrons. The number of epoxide rings is 1. The van der Waals surface area contributed by atoms with Crippen molar-refractivity contribution < 1.29 is 42.5 Å². The van der Waals surface area contributed by atoms with Gasteiger partial charge in [-0.25, -0.2) is 0 Å². The van der Waals surface area contributed by atoms with E-state index in [1.807, 2.05) is 13.8 Å². The summed E-state index contributed by atoms with van der Waals surface area (Å²) >= 11 is 0. The summed E-state index contributed by atoms with van der Waals surface area (Å²) in [5, 5.41) is 23.6. The molecule has 8 nitrogen and oxygen atoms in total. The van der Waals surface area contributed by atoms with E-state index < -0.39 is 60.2 Å². The molecule has 1 aliphatic heterocycles. The van der Waals surface area contributed by atoms with Gasteiger partial charge in [-0.1, -0.05) is 13.8 Å². The smallest absolute Gasteiger partial charge is 0.394 e. The van der Waals surface area contributed by atoms with Gasteiger partial charge in [0.05, 0.1) is 31.4 Å². The number of amides is 2. The van der Waals surface area contributed by atoms with Gasteiger partial charge in [0.15, 0.2) is 11.4 Å². The molecule has 2 rings (SSSR count). The van der Waals surface area contributed by atoms with E-state index in [1.165, 1.54) is 0 Å². The highest BCUT2D eigenvalue weighted by Crippen LogP contribution is 2.30. The van der Waals surface area contributed by atoms with Crippen molar-refractivity contribution in [1.82, 2.24) is 10.6 Å². The Morgan fingerprint density at radius 3 is 2.10 bits per heavy atom. The Labute approximate surface area is 176 Å². The average Bonchev–Trinajstić information content (AvgIpc) is 3.51. The van der Waals surface area contributed by atoms with E-state index in [0.717, 1.165) is 24.3 Å². The van der Waals surface area contributed by atoms with Crippen molar-refractivity contribution >= 4 is 17.6 Å². The van der Waals surface area contributed by atoms with Gasteiger partial charge in [0.25, 0.3) is 5.91 Å². The molecule has 4 N–H and O–H groups in total. The molecule has 31 heavy (non-hydrogen) atoms. The molecule has 0 aliphatic carbocycles. The number of benzene rings is 1. The van der Waals surface area contributed by atoms with Crippen LogP contribution in [0, 0.1) is 5.92 Å². The number of ether oxygens (including phenoxy) is 1. The molecule has 1 aromatic carbocycles. The van der Waals surface area contributed by atoms with Crippen LogP contribution < -0.4 is 10.6 Å². The lowest BCUT2D eigenvalue weighted by atomic mass is 9.92. The van der Waals surface area contributed by atoms with Gasteiger partial charge in [0.2, 0.25) is 5.91 Å². The van der Waals surface area contributed by atoms with Crippen molar-refractivity contribution in [2.24, 2.45) is 5.92 Å². The second-order valence-electron chi connectivity index (χ2n) is 7.78. The van der Waals surface area contributed by atoms with Gasteiger partial charge in [-0.05, 0) is 36.6 Å². The summed E-state index contributed by atoms with van der Waals surface area (Å²) in [6.45, 7) is 2.33. The standard InChI is InChI=1S/C20H25F3N2O6/c1-11(2)7-14(16(28)19(9-27)10-31-19)24-18(30)15(8-26)25-17(29)12-3-5-13(6-4-12)20(21,22)23/h3-6,11,14-15,26-27H,7-10H2,1-2H3,(H,24,30)(H,25,29)/t14?,15-,19?/m0/s1. The number of carbonyl (C=O) groups is 3. The van der Waals surface area contributed by atoms with Gasteiger partial charge in [-0.15, -0.1) is 0 Å². The van der Waals surface area contributed by atoms with Crippen LogP contribution in [0.3, 0.4) is 0 Å². The number of aliphatic hydroxyl groups excluding tert-OH is 2. The van der Waals surface area contributed by atoms with Crippen LogP contribution in [0.1, 0.15) is 36.2 Å². The van der Waals surface area contributed by atoms with Crippen LogP contribution in [0.25, 0.3) is 0 Å². The Balaban J connectivity index is 2.07. The van der Waals surface area contributed by atoms with Crippen molar-refractivity contribution in [3.8, 4) is 0 Å². The molecule has 2 unspecified atom stereocenters. The Bertz CT molecular complexity index is 806. The molecule has 1 heterocycles. The maximum atomic E-state index is 12.7. The Morgan fingerprint density at radius 2 is 1.68 bits per heavy atom. The van der Waals surface area contributed by atoms with Gasteiger partial charge in [-0.3, -0.25) is 14.4 Å². The van der Waals surface area contributed by atoms with E-state index in [9.17, 15) is 37.8 Å². The molecule has 0 saturated carbocycles. The summed E-state index contributed by atoms with van der Waals surface area (Å²) in [6.07, 6.45) is -4.32. The Kier molecular flexibility index (Phi) is 7.79. The fourth-order valence-corrected chi connectivity index (χ4v) is 2.94. The lowest BCUT2D eigenvalue weighted by Crippen LogP contribution is -2.55. The second kappa shape index (κ2) is 9.75. The predicted molar refractivity (Wildman–Crippen MR) is 102 cm³/mol. The summed E-state index contributed by atoms with van der Waals surface area (Å²) < 4.78 is 43.0. The van der Waals surface area contributed by atoms with Gasteiger partial charge >= 0.3 is 6.18 Å². The first-order valence-corrected chi connectivity index (χ1v) is 9.62. The van der Waals surface area contributed by atoms with Crippen LogP contribution in [0.5, 0.6) is 0 Å². The maximum absolute atomic E-state index is 12.7. The lowest BCUT2D eigenvalue weighted by molar-refractivity contribution is -0.137. The van der Waals surface area contributed by atoms with Crippen LogP contribution in [0.15, 0.2) is 24.3 Å². The molecule has 11 heteroatoms. The topological polar surface area (TPSA) is 128 Å². The molecule has 0 aromatic heterocycles. The molecule has 1 saturated heterocycles. The minimum atomic E-state index is -4.56. The number of nitrogens with one attached hydrogen (secondary N) is 2. The normalized spacial score (nSPS) is 20.1. The molecule has 3 atom stereocenters. The number of hydrogen-bond acceptors (Lipinski definition) is 6. The molecular weight excluding hydrogens is 421 g/mol. The molecule has 0 bridgehead atoms. The van der Waals surface area contributed by atoms with Gasteiger partial charge < -0.3 is 25.6 Å². The van der Waals surface area contributed by atoms with Crippen LogP contribution in [0.4, 0.5) is 13.2 Å². The molecule has 1 fully saturated rings. The van der Waals surface area contributed by atoms with E-state index in [2.05, 4.69) is 10.6 Å². The number of Topliss-reactive ketones (excluding diaryl/α,β-unsaturated/α-hetero) is 1. The summed E-state index contributed by atoms with van der Waals surface area (Å²) in [4.78, 5) is 37.5. The van der Waals surface area contributed by atoms with Crippen molar-refractivity contribution in [1.29, 1.82) is 0 Å². The average molecular weight is 446 g/mol. The van der Waals surface area contributed by atoms with Gasteiger partial charge in [0.1, 0.15) is 6.04 Å². The van der Waals surface area contributed by atoms with Crippen molar-refractivity contribution in [2.45, 2.75) is 44.1 Å². The quantitative estimate of drug-likeness (QED) is 0.391. The SMILES string of the molecule is CC(C)CC(NC(=O)[C@H](CO)NC(=O)c1ccc(C(F)(F)F)cc1)C(=O)C1(CO)CO1. The van der Waals surface area contributed by atoms with E-state index in [0.29, 0.717) is 0 Å². The van der Waals surface area contributed by atoms with Crippen LogP contribution >= 0.6 is 0 Å². The van der Waals surface area contributed by atoms with Crippen molar-refractivity contribution in [2.75, 3.05) is 19.8 Å². The van der Waals surface area contributed by atoms with E-state index >= 15 is 0 Å². The fourth-order valence-electron chi connectivity index (χ4n) is 2.94. The molecule has 1 aromatic rings. The zero-order valence-electron chi connectivity index (χ0n) is 17.0. The third-order valence-corrected chi connectivity index (χ3v) is 4.82. The van der Waals surface area contributed by atoms with E-state index in [1.54, 1.807) is 0 Å². The number of rotatable bonds is 10. The minimum Gasteiger partial charge on any atom is -0.394 e. The van der Waals surface area contributed by atoms with Crippen molar-refractivity contribution in [3.05, 3.63) is 35.4 Å². The van der Waals surface area contributed by atoms with Crippen molar-refractivity contribution in [3.63, 3.8) is 0 Å². The van der Waals surface area contributed by atoms with Crippen LogP contribution in [0.2, 0.25) is 0 Å². The first-order valence-electron chi connectivity index (χ1n) is 9.62. The summed E-state index contributed by atoms with van der Waals surface area (Å²) in [7, 11) is 0. The number of halogens is 3. The predicted octanol–water partition coefficient (Wildman–Crippen LogP) is 0.657.